The molecule has 4 nitrogen and oxygen atoms in total. The summed E-state index contributed by atoms with van der Waals surface area (Å²) >= 11 is 17.0. The highest BCUT2D eigenvalue weighted by atomic mass is 127. The van der Waals surface area contributed by atoms with E-state index in [1.807, 2.05) is 22.6 Å². The predicted octanol–water partition coefficient (Wildman–Crippen LogP) is 4.83. The number of nitrogens with zero attached hydrogens (tertiary/aromatic N) is 1. The van der Waals surface area contributed by atoms with Crippen molar-refractivity contribution in [3.05, 3.63) is 59.5 Å². The molecule has 22 heavy (non-hydrogen) atoms. The first kappa shape index (κ1) is 17.5. The Balaban J connectivity index is 2.14. The molecule has 0 atom stereocenters. The number of hydrogen-bond acceptors (Lipinski definition) is 3. The van der Waals surface area contributed by atoms with Crippen molar-refractivity contribution < 1.29 is 9.90 Å². The minimum Gasteiger partial charge on any atom is -0.506 e. The van der Waals surface area contributed by atoms with Crippen LogP contribution in [0, 0.1) is 3.57 Å². The molecule has 1 amide bonds. The van der Waals surface area contributed by atoms with Crippen molar-refractivity contribution >= 4 is 73.8 Å². The maximum absolute atomic E-state index is 12.0. The summed E-state index contributed by atoms with van der Waals surface area (Å²) in [7, 11) is 0. The summed E-state index contributed by atoms with van der Waals surface area (Å²) in [5.41, 5.74) is 3.08. The van der Waals surface area contributed by atoms with Crippen LogP contribution in [0.3, 0.4) is 0 Å². The number of hydrazone groups is 1. The highest BCUT2D eigenvalue weighted by molar-refractivity contribution is 14.1. The Kier molecular flexibility index (Phi) is 6.08. The van der Waals surface area contributed by atoms with E-state index < -0.39 is 5.91 Å². The highest BCUT2D eigenvalue weighted by Gasteiger charge is 2.10. The first-order chi connectivity index (χ1) is 10.4. The van der Waals surface area contributed by atoms with Gasteiger partial charge in [-0.05, 0) is 52.9 Å². The molecule has 8 heteroatoms. The Hall–Kier alpha value is -0.830. The molecule has 0 aliphatic carbocycles. The summed E-state index contributed by atoms with van der Waals surface area (Å²) in [6.07, 6.45) is 1.35. The number of carbonyl (C=O) groups is 1. The van der Waals surface area contributed by atoms with Crippen LogP contribution in [0.5, 0.6) is 5.75 Å². The zero-order chi connectivity index (χ0) is 16.3. The van der Waals surface area contributed by atoms with E-state index in [2.05, 4.69) is 26.5 Å². The summed E-state index contributed by atoms with van der Waals surface area (Å²) in [4.78, 5) is 12.0. The Bertz CT molecular complexity index is 769. The first-order valence-corrected chi connectivity index (χ1v) is 8.47. The molecule has 0 spiro atoms. The highest BCUT2D eigenvalue weighted by Crippen LogP contribution is 2.27. The van der Waals surface area contributed by atoms with E-state index in [0.717, 1.165) is 4.47 Å². The number of halogens is 4. The summed E-state index contributed by atoms with van der Waals surface area (Å²) in [5.74, 6) is -0.381. The van der Waals surface area contributed by atoms with Gasteiger partial charge in [-0.25, -0.2) is 5.43 Å². The lowest BCUT2D eigenvalue weighted by atomic mass is 10.2. The number of aromatic hydroxyl groups is 1. The van der Waals surface area contributed by atoms with Gasteiger partial charge in [0.2, 0.25) is 0 Å². The number of hydrogen-bond donors (Lipinski definition) is 2. The summed E-state index contributed by atoms with van der Waals surface area (Å²) in [6, 6.07) is 8.00. The van der Waals surface area contributed by atoms with Gasteiger partial charge in [-0.15, -0.1) is 0 Å². The number of phenols is 1. The lowest BCUT2D eigenvalue weighted by molar-refractivity contribution is 0.0955. The van der Waals surface area contributed by atoms with Crippen molar-refractivity contribution in [2.24, 2.45) is 5.10 Å². The topological polar surface area (TPSA) is 61.7 Å². The molecule has 0 radical (unpaired) electrons. The second-order valence-electron chi connectivity index (χ2n) is 4.15. The fourth-order valence-electron chi connectivity index (χ4n) is 1.58. The smallest absolute Gasteiger partial charge is 0.272 e. The van der Waals surface area contributed by atoms with Crippen molar-refractivity contribution in [3.63, 3.8) is 0 Å². The molecular formula is C14H8BrCl2IN2O2. The number of nitrogens with one attached hydrogen (secondary N) is 1. The van der Waals surface area contributed by atoms with Gasteiger partial charge in [-0.1, -0.05) is 39.1 Å². The van der Waals surface area contributed by atoms with Gasteiger partial charge >= 0.3 is 0 Å². The SMILES string of the molecule is O=C(N/N=C\c1cc(Br)cc(I)c1O)c1ccc(Cl)cc1Cl. The largest absolute Gasteiger partial charge is 0.506 e. The van der Waals surface area contributed by atoms with Crippen molar-refractivity contribution in [1.29, 1.82) is 0 Å². The van der Waals surface area contributed by atoms with E-state index in [-0.39, 0.29) is 16.3 Å². The number of benzene rings is 2. The molecule has 0 unspecified atom stereocenters. The van der Waals surface area contributed by atoms with Crippen LogP contribution < -0.4 is 5.43 Å². The van der Waals surface area contributed by atoms with E-state index in [9.17, 15) is 9.90 Å². The Morgan fingerprint density at radius 1 is 1.32 bits per heavy atom. The summed E-state index contributed by atoms with van der Waals surface area (Å²) in [6.45, 7) is 0. The van der Waals surface area contributed by atoms with E-state index >= 15 is 0 Å². The maximum Gasteiger partial charge on any atom is 0.272 e. The van der Waals surface area contributed by atoms with Crippen LogP contribution in [0.15, 0.2) is 39.9 Å². The van der Waals surface area contributed by atoms with E-state index in [1.54, 1.807) is 18.2 Å². The van der Waals surface area contributed by atoms with Gasteiger partial charge in [-0.3, -0.25) is 4.79 Å². The second kappa shape index (κ2) is 7.63. The van der Waals surface area contributed by atoms with Crippen LogP contribution in [0.2, 0.25) is 10.0 Å². The standard InChI is InChI=1S/C14H8BrCl2IN2O2/c15-8-3-7(13(21)12(18)4-8)6-19-20-14(22)10-2-1-9(16)5-11(10)17/h1-6,21H,(H,20,22)/b19-6-. The molecule has 114 valence electrons. The van der Waals surface area contributed by atoms with E-state index in [1.165, 1.54) is 18.3 Å². The van der Waals surface area contributed by atoms with Crippen LogP contribution in [0.4, 0.5) is 0 Å². The fourth-order valence-corrected chi connectivity index (χ4v) is 3.62. The van der Waals surface area contributed by atoms with Gasteiger partial charge in [0.05, 0.1) is 20.4 Å². The Labute approximate surface area is 158 Å². The van der Waals surface area contributed by atoms with Crippen molar-refractivity contribution in [2.75, 3.05) is 0 Å². The fraction of sp³-hybridized carbons (Fsp3) is 0. The number of phenolic OH excluding ortho intramolecular Hbond substituents is 1. The first-order valence-electron chi connectivity index (χ1n) is 5.85. The molecule has 0 bridgehead atoms. The monoisotopic (exact) mass is 512 g/mol. The van der Waals surface area contributed by atoms with E-state index in [4.69, 9.17) is 23.2 Å². The minimum atomic E-state index is -0.470. The van der Waals surface area contributed by atoms with Gasteiger partial charge < -0.3 is 5.11 Å². The van der Waals surface area contributed by atoms with Crippen LogP contribution in [-0.4, -0.2) is 17.2 Å². The molecule has 0 heterocycles. The van der Waals surface area contributed by atoms with Gasteiger partial charge in [0.1, 0.15) is 5.75 Å². The lowest BCUT2D eigenvalue weighted by Crippen LogP contribution is -2.18. The molecule has 0 aliphatic heterocycles. The van der Waals surface area contributed by atoms with Gasteiger partial charge in [0.25, 0.3) is 5.91 Å². The molecular weight excluding hydrogens is 506 g/mol. The third-order valence-electron chi connectivity index (χ3n) is 2.60. The third-order valence-corrected chi connectivity index (χ3v) is 4.43. The van der Waals surface area contributed by atoms with Crippen LogP contribution in [0.25, 0.3) is 0 Å². The molecule has 2 aromatic rings. The summed E-state index contributed by atoms with van der Waals surface area (Å²) in [5, 5.41) is 14.4. The molecule has 2 rings (SSSR count). The second-order valence-corrected chi connectivity index (χ2v) is 7.07. The lowest BCUT2D eigenvalue weighted by Gasteiger charge is -2.04. The van der Waals surface area contributed by atoms with E-state index in [0.29, 0.717) is 14.2 Å². The number of amides is 1. The quantitative estimate of drug-likeness (QED) is 0.351. The minimum absolute atomic E-state index is 0.0892. The van der Waals surface area contributed by atoms with Gasteiger partial charge in [0, 0.05) is 15.1 Å². The molecule has 0 fully saturated rings. The van der Waals surface area contributed by atoms with Crippen LogP contribution >= 0.6 is 61.7 Å². The Morgan fingerprint density at radius 2 is 2.05 bits per heavy atom. The normalized spacial score (nSPS) is 10.9. The predicted molar refractivity (Wildman–Crippen MR) is 100 cm³/mol. The van der Waals surface area contributed by atoms with Gasteiger partial charge in [0.15, 0.2) is 0 Å². The van der Waals surface area contributed by atoms with Crippen molar-refractivity contribution in [1.82, 2.24) is 5.43 Å². The summed E-state index contributed by atoms with van der Waals surface area (Å²) < 4.78 is 1.46. The average molecular weight is 514 g/mol. The van der Waals surface area contributed by atoms with Crippen LogP contribution in [0.1, 0.15) is 15.9 Å². The third kappa shape index (κ3) is 4.34. The zero-order valence-electron chi connectivity index (χ0n) is 10.8. The average Bonchev–Trinajstić information content (AvgIpc) is 2.43. The van der Waals surface area contributed by atoms with Crippen LogP contribution in [-0.2, 0) is 0 Å². The molecule has 0 saturated heterocycles. The Morgan fingerprint density at radius 3 is 2.73 bits per heavy atom. The maximum atomic E-state index is 12.0. The molecule has 2 aromatic carbocycles. The van der Waals surface area contributed by atoms with Crippen molar-refractivity contribution in [2.45, 2.75) is 0 Å². The molecule has 0 aliphatic rings. The molecule has 0 aromatic heterocycles. The number of rotatable bonds is 3. The van der Waals surface area contributed by atoms with Gasteiger partial charge in [-0.2, -0.15) is 5.10 Å². The zero-order valence-corrected chi connectivity index (χ0v) is 16.0. The molecule has 2 N–H and O–H groups in total. The number of carbonyl (C=O) groups excluding carboxylic acids is 1. The van der Waals surface area contributed by atoms with Crippen molar-refractivity contribution in [3.8, 4) is 5.75 Å². The molecule has 0 saturated carbocycles.